The van der Waals surface area contributed by atoms with E-state index in [9.17, 15) is 20.4 Å². The van der Waals surface area contributed by atoms with Crippen molar-refractivity contribution in [3.05, 3.63) is 73.3 Å². The number of nitrogens with zero attached hydrogens (tertiary/aromatic N) is 3. The van der Waals surface area contributed by atoms with Gasteiger partial charge in [-0.3, -0.25) is 9.79 Å². The van der Waals surface area contributed by atoms with Crippen LogP contribution in [-0.2, 0) is 0 Å². The fourth-order valence-corrected chi connectivity index (χ4v) is 4.14. The van der Waals surface area contributed by atoms with Gasteiger partial charge >= 0.3 is 0 Å². The third kappa shape index (κ3) is 3.80. The van der Waals surface area contributed by atoms with Crippen molar-refractivity contribution in [3.63, 3.8) is 0 Å². The number of hydrogen-bond acceptors (Lipinski definition) is 5. The first-order chi connectivity index (χ1) is 14.8. The van der Waals surface area contributed by atoms with Crippen LogP contribution in [0, 0.1) is 36.5 Å². The lowest BCUT2D eigenvalue weighted by atomic mass is 9.95. The lowest BCUT2D eigenvalue weighted by Gasteiger charge is -2.10. The van der Waals surface area contributed by atoms with Crippen LogP contribution in [0.25, 0.3) is 11.3 Å². The maximum atomic E-state index is 12.1. The van der Waals surface area contributed by atoms with Crippen LogP contribution in [0.15, 0.2) is 29.3 Å². The first kappa shape index (κ1) is 22.1. The molecule has 1 aromatic heterocycles. The van der Waals surface area contributed by atoms with Gasteiger partial charge < -0.3 is 10.1 Å². The quantitative estimate of drug-likeness (QED) is 0.412. The predicted molar refractivity (Wildman–Crippen MR) is 120 cm³/mol. The first-order valence-corrected chi connectivity index (χ1v) is 9.81. The molecule has 3 aromatic rings. The Balaban J connectivity index is 2.25. The SMILES string of the molecule is CN=C(c1cc(C)c(C#N)c(Cl)c1)c1c(O)[nH]c(-c2cc(C)c(C#N)c(Cl)c2)c1C=O. The van der Waals surface area contributed by atoms with Crippen LogP contribution >= 0.6 is 23.2 Å². The molecule has 0 fully saturated rings. The monoisotopic (exact) mass is 450 g/mol. The molecule has 2 N–H and O–H groups in total. The third-order valence-corrected chi connectivity index (χ3v) is 5.55. The Morgan fingerprint density at radius 2 is 1.65 bits per heavy atom. The molecule has 0 bridgehead atoms. The fraction of sp³-hybridized carbons (Fsp3) is 0.130. The van der Waals surface area contributed by atoms with Crippen molar-refractivity contribution >= 4 is 35.2 Å². The number of aryl methyl sites for hydroxylation is 2. The summed E-state index contributed by atoms with van der Waals surface area (Å²) in [6, 6.07) is 10.6. The second-order valence-electron chi connectivity index (χ2n) is 6.85. The Morgan fingerprint density at radius 1 is 1.06 bits per heavy atom. The number of nitrogens with one attached hydrogen (secondary N) is 1. The maximum absolute atomic E-state index is 12.1. The number of aldehydes is 1. The van der Waals surface area contributed by atoms with Crippen LogP contribution in [0.3, 0.4) is 0 Å². The number of benzene rings is 2. The molecule has 0 aliphatic heterocycles. The van der Waals surface area contributed by atoms with Crippen molar-refractivity contribution in [1.29, 1.82) is 10.5 Å². The van der Waals surface area contributed by atoms with E-state index < -0.39 is 0 Å². The Hall–Kier alpha value is -3.58. The minimum absolute atomic E-state index is 0.177. The Labute approximate surface area is 189 Å². The summed E-state index contributed by atoms with van der Waals surface area (Å²) in [6.45, 7) is 3.48. The molecule has 0 aliphatic rings. The summed E-state index contributed by atoms with van der Waals surface area (Å²) in [6.07, 6.45) is 0.617. The number of H-pyrrole nitrogens is 1. The molecule has 154 valence electrons. The molecule has 2 aromatic carbocycles. The van der Waals surface area contributed by atoms with E-state index in [1.165, 1.54) is 7.05 Å². The Bertz CT molecular complexity index is 1290. The number of aliphatic imine (C=N–C) groups is 1. The Kier molecular flexibility index (Phi) is 6.17. The van der Waals surface area contributed by atoms with Crippen molar-refractivity contribution in [3.8, 4) is 29.3 Å². The van der Waals surface area contributed by atoms with Crippen LogP contribution in [0.1, 0.15) is 43.7 Å². The van der Waals surface area contributed by atoms with Gasteiger partial charge in [0, 0.05) is 18.2 Å². The van der Waals surface area contributed by atoms with Crippen molar-refractivity contribution in [2.75, 3.05) is 7.05 Å². The predicted octanol–water partition coefficient (Wildman–Crippen LogP) is 5.33. The summed E-state index contributed by atoms with van der Waals surface area (Å²) in [5.74, 6) is -0.256. The lowest BCUT2D eigenvalue weighted by molar-refractivity contribution is 0.112. The number of aromatic hydroxyl groups is 1. The summed E-state index contributed by atoms with van der Waals surface area (Å²) in [5.41, 5.74) is 4.09. The van der Waals surface area contributed by atoms with Crippen molar-refractivity contribution in [2.24, 2.45) is 4.99 Å². The minimum atomic E-state index is -0.256. The molecular formula is C23H16Cl2N4O2. The van der Waals surface area contributed by atoms with Gasteiger partial charge in [-0.25, -0.2) is 0 Å². The van der Waals surface area contributed by atoms with E-state index in [0.29, 0.717) is 51.1 Å². The highest BCUT2D eigenvalue weighted by Gasteiger charge is 2.24. The average Bonchev–Trinajstić information content (AvgIpc) is 3.04. The van der Waals surface area contributed by atoms with Gasteiger partial charge in [-0.05, 0) is 49.2 Å². The van der Waals surface area contributed by atoms with E-state index in [0.717, 1.165) is 0 Å². The van der Waals surface area contributed by atoms with E-state index in [2.05, 4.69) is 9.98 Å². The van der Waals surface area contributed by atoms with Gasteiger partial charge in [0.05, 0.1) is 43.7 Å². The summed E-state index contributed by atoms with van der Waals surface area (Å²) in [7, 11) is 1.53. The molecule has 3 rings (SSSR count). The molecule has 0 spiro atoms. The van der Waals surface area contributed by atoms with Crippen LogP contribution in [0.5, 0.6) is 5.88 Å². The fourth-order valence-electron chi connectivity index (χ4n) is 3.52. The topological polar surface area (TPSA) is 113 Å². The van der Waals surface area contributed by atoms with Crippen LogP contribution in [-0.4, -0.2) is 29.1 Å². The second kappa shape index (κ2) is 8.65. The molecule has 0 amide bonds. The van der Waals surface area contributed by atoms with E-state index in [4.69, 9.17) is 23.2 Å². The number of rotatable bonds is 4. The van der Waals surface area contributed by atoms with Gasteiger partial charge in [0.2, 0.25) is 0 Å². The standard InChI is InChI=1S/C23H16Cl2N4O2/c1-11-4-13(6-18(24)15(11)8-26)21-17(10-30)20(23(31)29-21)22(28-3)14-5-12(2)16(9-27)19(25)7-14/h4-7,10,29,31H,1-3H3. The number of nitriles is 2. The van der Waals surface area contributed by atoms with E-state index in [1.54, 1.807) is 38.1 Å². The number of aromatic nitrogens is 1. The molecule has 1 heterocycles. The van der Waals surface area contributed by atoms with Crippen molar-refractivity contribution < 1.29 is 9.90 Å². The minimum Gasteiger partial charge on any atom is -0.494 e. The molecule has 0 aliphatic carbocycles. The van der Waals surface area contributed by atoms with Gasteiger partial charge in [0.1, 0.15) is 12.1 Å². The average molecular weight is 451 g/mol. The van der Waals surface area contributed by atoms with Gasteiger partial charge in [-0.2, -0.15) is 10.5 Å². The molecular weight excluding hydrogens is 435 g/mol. The number of carbonyl (C=O) groups excluding carboxylic acids is 1. The number of hydrogen-bond donors (Lipinski definition) is 2. The molecule has 31 heavy (non-hydrogen) atoms. The zero-order valence-corrected chi connectivity index (χ0v) is 18.4. The second-order valence-corrected chi connectivity index (χ2v) is 7.67. The molecule has 0 saturated heterocycles. The molecule has 0 unspecified atom stereocenters. The molecule has 0 atom stereocenters. The van der Waals surface area contributed by atoms with Crippen LogP contribution < -0.4 is 0 Å². The first-order valence-electron chi connectivity index (χ1n) is 9.05. The molecule has 8 heteroatoms. The van der Waals surface area contributed by atoms with E-state index in [-0.39, 0.29) is 27.1 Å². The van der Waals surface area contributed by atoms with Crippen molar-refractivity contribution in [1.82, 2.24) is 4.98 Å². The van der Waals surface area contributed by atoms with Crippen molar-refractivity contribution in [2.45, 2.75) is 13.8 Å². The third-order valence-electron chi connectivity index (χ3n) is 4.96. The lowest BCUT2D eigenvalue weighted by Crippen LogP contribution is -2.07. The largest absolute Gasteiger partial charge is 0.494 e. The summed E-state index contributed by atoms with van der Waals surface area (Å²) in [5, 5.41) is 29.7. The van der Waals surface area contributed by atoms with Crippen LogP contribution in [0.2, 0.25) is 10.0 Å². The van der Waals surface area contributed by atoms with Gasteiger partial charge in [0.15, 0.2) is 12.2 Å². The molecule has 0 saturated carbocycles. The van der Waals surface area contributed by atoms with Crippen LogP contribution in [0.4, 0.5) is 0 Å². The summed E-state index contributed by atoms with van der Waals surface area (Å²) < 4.78 is 0. The van der Waals surface area contributed by atoms with Gasteiger partial charge in [0.25, 0.3) is 0 Å². The summed E-state index contributed by atoms with van der Waals surface area (Å²) in [4.78, 5) is 19.2. The van der Waals surface area contributed by atoms with Gasteiger partial charge in [-0.15, -0.1) is 0 Å². The highest BCUT2D eigenvalue weighted by atomic mass is 35.5. The normalized spacial score (nSPS) is 11.1. The molecule has 0 radical (unpaired) electrons. The highest BCUT2D eigenvalue weighted by molar-refractivity contribution is 6.33. The number of halogens is 2. The van der Waals surface area contributed by atoms with Gasteiger partial charge in [-0.1, -0.05) is 23.2 Å². The highest BCUT2D eigenvalue weighted by Crippen LogP contribution is 2.36. The molecule has 6 nitrogen and oxygen atoms in total. The number of carbonyl (C=O) groups is 1. The zero-order chi connectivity index (χ0) is 22.9. The van der Waals surface area contributed by atoms with E-state index in [1.807, 2.05) is 12.1 Å². The zero-order valence-electron chi connectivity index (χ0n) is 16.8. The number of aromatic amines is 1. The Morgan fingerprint density at radius 3 is 2.13 bits per heavy atom. The summed E-state index contributed by atoms with van der Waals surface area (Å²) >= 11 is 12.5. The smallest absolute Gasteiger partial charge is 0.199 e. The van der Waals surface area contributed by atoms with E-state index >= 15 is 0 Å². The maximum Gasteiger partial charge on any atom is 0.199 e.